The lowest BCUT2D eigenvalue weighted by molar-refractivity contribution is 0.00570. The van der Waals surface area contributed by atoms with Crippen LogP contribution in [0.25, 0.3) is 11.3 Å². The average molecular weight is 556 g/mol. The average Bonchev–Trinajstić information content (AvgIpc) is 3.32. The summed E-state index contributed by atoms with van der Waals surface area (Å²) in [5.74, 6) is -4.26. The van der Waals surface area contributed by atoms with E-state index in [-0.39, 0.29) is 23.6 Å². The number of hydrogen-bond acceptors (Lipinski definition) is 7. The number of rotatable bonds is 8. The molecule has 0 aliphatic carbocycles. The molecular weight excluding hydrogens is 523 g/mol. The minimum atomic E-state index is -1.61. The number of aliphatic hydroxyl groups is 5. The van der Waals surface area contributed by atoms with Crippen LogP contribution in [0.1, 0.15) is 36.3 Å². The SMILES string of the molecule is CC(C)(O)[C@H](c1ccccc1CCO)[SH]1C[C@H](O)[C@H](n2cc(-c3cc(F)c(F)c(F)c3)nn2)[C@@H](O)[C@H]1CO. The Morgan fingerprint density at radius 2 is 1.76 bits per heavy atom. The molecule has 3 aromatic rings. The number of aliphatic hydroxyl groups excluding tert-OH is 4. The number of hydrogen-bond donors (Lipinski definition) is 6. The highest BCUT2D eigenvalue weighted by atomic mass is 32.2. The van der Waals surface area contributed by atoms with Gasteiger partial charge < -0.3 is 25.5 Å². The van der Waals surface area contributed by atoms with E-state index < -0.39 is 69.3 Å². The van der Waals surface area contributed by atoms with E-state index in [1.165, 1.54) is 10.9 Å². The van der Waals surface area contributed by atoms with Gasteiger partial charge in [-0.2, -0.15) is 0 Å². The second-order valence-electron chi connectivity index (χ2n) is 10.1. The third-order valence-corrected chi connectivity index (χ3v) is 10.7. The number of benzene rings is 2. The Hall–Kier alpha value is -2.48. The highest BCUT2D eigenvalue weighted by Crippen LogP contribution is 2.57. The minimum Gasteiger partial charge on any atom is -0.396 e. The van der Waals surface area contributed by atoms with E-state index >= 15 is 0 Å². The van der Waals surface area contributed by atoms with Gasteiger partial charge in [-0.3, -0.25) is 0 Å². The number of thiol groups is 1. The summed E-state index contributed by atoms with van der Waals surface area (Å²) in [6.45, 7) is 2.75. The van der Waals surface area contributed by atoms with Gasteiger partial charge in [-0.05, 0) is 43.5 Å². The predicted octanol–water partition coefficient (Wildman–Crippen LogP) is 2.05. The Morgan fingerprint density at radius 3 is 2.37 bits per heavy atom. The van der Waals surface area contributed by atoms with Crippen molar-refractivity contribution in [3.63, 3.8) is 0 Å². The smallest absolute Gasteiger partial charge is 0.194 e. The van der Waals surface area contributed by atoms with Gasteiger partial charge in [0.2, 0.25) is 0 Å². The Kier molecular flexibility index (Phi) is 8.50. The van der Waals surface area contributed by atoms with Crippen LogP contribution < -0.4 is 0 Å². The fourth-order valence-electron chi connectivity index (χ4n) is 5.33. The third kappa shape index (κ3) is 5.47. The number of halogens is 3. The predicted molar refractivity (Wildman–Crippen MR) is 137 cm³/mol. The van der Waals surface area contributed by atoms with Crippen LogP contribution in [0.3, 0.4) is 0 Å². The zero-order valence-corrected chi connectivity index (χ0v) is 21.8. The molecule has 2 aromatic carbocycles. The molecule has 12 heteroatoms. The first-order valence-corrected chi connectivity index (χ1v) is 13.8. The van der Waals surface area contributed by atoms with E-state index in [1.807, 2.05) is 24.3 Å². The molecular formula is C26H32F3N3O5S. The van der Waals surface area contributed by atoms with Gasteiger partial charge in [-0.15, -0.1) is 5.10 Å². The maximum absolute atomic E-state index is 13.7. The molecule has 1 aliphatic heterocycles. The van der Waals surface area contributed by atoms with E-state index in [1.54, 1.807) is 13.8 Å². The molecule has 0 amide bonds. The second-order valence-corrected chi connectivity index (χ2v) is 12.6. The fourth-order valence-corrected chi connectivity index (χ4v) is 9.04. The van der Waals surface area contributed by atoms with Gasteiger partial charge >= 0.3 is 0 Å². The van der Waals surface area contributed by atoms with Gasteiger partial charge in [0, 0.05) is 28.4 Å². The number of aromatic nitrogens is 3. The van der Waals surface area contributed by atoms with Gasteiger partial charge in [-0.1, -0.05) is 29.5 Å². The quantitative estimate of drug-likeness (QED) is 0.185. The van der Waals surface area contributed by atoms with Gasteiger partial charge in [0.1, 0.15) is 11.7 Å². The van der Waals surface area contributed by atoms with Crippen LogP contribution in [0.5, 0.6) is 0 Å². The minimum absolute atomic E-state index is 0.00267. The lowest BCUT2D eigenvalue weighted by Crippen LogP contribution is -2.52. The van der Waals surface area contributed by atoms with Crippen LogP contribution in [0.15, 0.2) is 42.6 Å². The maximum atomic E-state index is 13.7. The Balaban J connectivity index is 1.69. The van der Waals surface area contributed by atoms with Crippen molar-refractivity contribution >= 4 is 10.9 Å². The normalized spacial score (nSPS) is 25.9. The van der Waals surface area contributed by atoms with Crippen molar-refractivity contribution in [1.82, 2.24) is 15.0 Å². The molecule has 0 bridgehead atoms. The van der Waals surface area contributed by atoms with Crippen molar-refractivity contribution in [3.8, 4) is 11.3 Å². The molecule has 6 atom stereocenters. The van der Waals surface area contributed by atoms with Crippen molar-refractivity contribution in [1.29, 1.82) is 0 Å². The second kappa shape index (κ2) is 11.3. The molecule has 208 valence electrons. The summed E-state index contributed by atoms with van der Waals surface area (Å²) in [5.41, 5.74) is 0.250. The summed E-state index contributed by atoms with van der Waals surface area (Å²) in [6, 6.07) is 7.84. The summed E-state index contributed by atoms with van der Waals surface area (Å²) in [4.78, 5) is 0. The van der Waals surface area contributed by atoms with Crippen LogP contribution in [-0.4, -0.2) is 82.6 Å². The van der Waals surface area contributed by atoms with E-state index in [2.05, 4.69) is 10.3 Å². The largest absolute Gasteiger partial charge is 0.396 e. The monoisotopic (exact) mass is 555 g/mol. The van der Waals surface area contributed by atoms with Crippen LogP contribution in [0.4, 0.5) is 13.2 Å². The molecule has 8 nitrogen and oxygen atoms in total. The van der Waals surface area contributed by atoms with E-state index in [4.69, 9.17) is 0 Å². The van der Waals surface area contributed by atoms with Crippen LogP contribution in [0.2, 0.25) is 0 Å². The lowest BCUT2D eigenvalue weighted by atomic mass is 9.93. The van der Waals surface area contributed by atoms with Crippen LogP contribution in [0, 0.1) is 17.5 Å². The molecule has 38 heavy (non-hydrogen) atoms. The summed E-state index contributed by atoms with van der Waals surface area (Å²) < 4.78 is 42.0. The third-order valence-electron chi connectivity index (χ3n) is 6.98. The summed E-state index contributed by atoms with van der Waals surface area (Å²) >= 11 is 0. The van der Waals surface area contributed by atoms with Gasteiger partial charge in [0.15, 0.2) is 17.5 Å². The van der Waals surface area contributed by atoms with Crippen LogP contribution in [-0.2, 0) is 6.42 Å². The topological polar surface area (TPSA) is 132 Å². The molecule has 1 unspecified atom stereocenters. The molecule has 1 aliphatic rings. The van der Waals surface area contributed by atoms with Gasteiger partial charge in [-0.25, -0.2) is 28.7 Å². The molecule has 1 fully saturated rings. The zero-order chi connectivity index (χ0) is 27.8. The maximum Gasteiger partial charge on any atom is 0.194 e. The van der Waals surface area contributed by atoms with Crippen molar-refractivity contribution in [2.45, 2.75) is 54.6 Å². The Labute approximate surface area is 220 Å². The first-order chi connectivity index (χ1) is 18.0. The number of nitrogens with zero attached hydrogens (tertiary/aromatic N) is 3. The van der Waals surface area contributed by atoms with Crippen molar-refractivity contribution in [2.24, 2.45) is 0 Å². The molecule has 1 aromatic heterocycles. The standard InChI is InChI=1S/C26H32F3N3O5S/c1-26(2,37)25(16-6-4-3-5-14(16)7-8-33)38-13-20(35)23(24(36)21(38)12-34)32-11-19(30-31-32)15-9-17(27)22(29)18(28)10-15/h3-6,9-11,20-21,23-25,33-38H,7-8,12-13H2,1-2H3/t20-,21+,23-,24-,25-/m0/s1. The van der Waals surface area contributed by atoms with Crippen molar-refractivity contribution < 1.29 is 38.7 Å². The van der Waals surface area contributed by atoms with Crippen molar-refractivity contribution in [3.05, 3.63) is 71.2 Å². The fraction of sp³-hybridized carbons (Fsp3) is 0.462. The van der Waals surface area contributed by atoms with Crippen molar-refractivity contribution in [2.75, 3.05) is 19.0 Å². The van der Waals surface area contributed by atoms with E-state index in [0.717, 1.165) is 23.3 Å². The summed E-state index contributed by atoms with van der Waals surface area (Å²) in [6.07, 6.45) is -0.823. The summed E-state index contributed by atoms with van der Waals surface area (Å²) in [5, 5.41) is 60.3. The Bertz CT molecular complexity index is 1250. The molecule has 4 rings (SSSR count). The molecule has 0 radical (unpaired) electrons. The highest BCUT2D eigenvalue weighted by Gasteiger charge is 2.49. The van der Waals surface area contributed by atoms with E-state index in [9.17, 15) is 38.7 Å². The zero-order valence-electron chi connectivity index (χ0n) is 20.9. The molecule has 1 saturated heterocycles. The van der Waals surface area contributed by atoms with Gasteiger partial charge in [0.25, 0.3) is 0 Å². The van der Waals surface area contributed by atoms with Crippen LogP contribution >= 0.6 is 10.9 Å². The molecule has 5 N–H and O–H groups in total. The molecule has 0 saturated carbocycles. The molecule has 0 spiro atoms. The lowest BCUT2D eigenvalue weighted by Gasteiger charge is -2.51. The molecule has 2 heterocycles. The Morgan fingerprint density at radius 1 is 1.11 bits per heavy atom. The summed E-state index contributed by atoms with van der Waals surface area (Å²) in [7, 11) is -1.42. The van der Waals surface area contributed by atoms with E-state index in [0.29, 0.717) is 6.42 Å². The first kappa shape index (κ1) is 28.5. The van der Waals surface area contributed by atoms with Gasteiger partial charge in [0.05, 0.1) is 30.6 Å². The first-order valence-electron chi connectivity index (χ1n) is 12.2. The highest BCUT2D eigenvalue weighted by molar-refractivity contribution is 8.18.